The van der Waals surface area contributed by atoms with Crippen LogP contribution in [0.5, 0.6) is 5.75 Å². The zero-order valence-electron chi connectivity index (χ0n) is 19.9. The van der Waals surface area contributed by atoms with Gasteiger partial charge < -0.3 is 20.1 Å². The second-order valence-electron chi connectivity index (χ2n) is 9.29. The number of H-pyrrole nitrogens is 1. The molecule has 1 aliphatic rings. The van der Waals surface area contributed by atoms with Crippen LogP contribution in [-0.2, 0) is 5.60 Å². The third kappa shape index (κ3) is 4.42. The van der Waals surface area contributed by atoms with Crippen molar-refractivity contribution in [2.24, 2.45) is 0 Å². The van der Waals surface area contributed by atoms with Crippen LogP contribution in [-0.4, -0.2) is 40.3 Å². The van der Waals surface area contributed by atoms with Gasteiger partial charge in [0.1, 0.15) is 17.3 Å². The highest BCUT2D eigenvalue weighted by Crippen LogP contribution is 2.45. The lowest BCUT2D eigenvalue weighted by Crippen LogP contribution is -2.51. The van der Waals surface area contributed by atoms with Crippen LogP contribution in [0.1, 0.15) is 40.2 Å². The van der Waals surface area contributed by atoms with Gasteiger partial charge in [-0.15, -0.1) is 0 Å². The molecule has 4 aromatic rings. The Balaban J connectivity index is 1.52. The molecule has 5 rings (SSSR count). The van der Waals surface area contributed by atoms with Gasteiger partial charge in [-0.25, -0.2) is 9.37 Å². The van der Waals surface area contributed by atoms with Gasteiger partial charge in [0.05, 0.1) is 18.8 Å². The summed E-state index contributed by atoms with van der Waals surface area (Å²) in [5.74, 6) is -1.28. The highest BCUT2D eigenvalue weighted by Gasteiger charge is 2.57. The molecule has 2 aromatic carbocycles. The van der Waals surface area contributed by atoms with Crippen LogP contribution in [0.2, 0.25) is 0 Å². The molecule has 1 aliphatic heterocycles. The fraction of sp³-hybridized carbons (Fsp3) is 0.259. The number of alkyl halides is 3. The molecule has 0 fully saturated rings. The molecule has 0 spiro atoms. The second kappa shape index (κ2) is 8.88. The Morgan fingerprint density at radius 3 is 2.59 bits per heavy atom. The zero-order valence-corrected chi connectivity index (χ0v) is 19.9. The summed E-state index contributed by atoms with van der Waals surface area (Å²) in [4.78, 5) is 20.0. The van der Waals surface area contributed by atoms with Gasteiger partial charge in [-0.3, -0.25) is 4.79 Å². The molecule has 10 heteroatoms. The molecule has 192 valence electrons. The smallest absolute Gasteiger partial charge is 0.424 e. The van der Waals surface area contributed by atoms with Crippen molar-refractivity contribution in [1.29, 1.82) is 0 Å². The Kier molecular flexibility index (Phi) is 5.94. The predicted octanol–water partition coefficient (Wildman–Crippen LogP) is 5.35. The van der Waals surface area contributed by atoms with E-state index in [-0.39, 0.29) is 29.5 Å². The minimum Gasteiger partial charge on any atom is -0.490 e. The van der Waals surface area contributed by atoms with Crippen LogP contribution >= 0.6 is 0 Å². The van der Waals surface area contributed by atoms with E-state index in [0.717, 1.165) is 34.8 Å². The minimum atomic E-state index is -5.17. The molecule has 0 saturated carbocycles. The lowest BCUT2D eigenvalue weighted by Gasteiger charge is -2.31. The summed E-state index contributed by atoms with van der Waals surface area (Å²) in [5.41, 5.74) is -1.56. The average molecular weight is 513 g/mol. The van der Waals surface area contributed by atoms with Gasteiger partial charge in [0.25, 0.3) is 5.91 Å². The van der Waals surface area contributed by atoms with E-state index in [2.05, 4.69) is 15.3 Å². The number of aromatic amines is 1. The van der Waals surface area contributed by atoms with Gasteiger partial charge in [0, 0.05) is 39.2 Å². The topological polar surface area (TPSA) is 87.2 Å². The number of aliphatic hydroxyl groups is 1. The third-order valence-corrected chi connectivity index (χ3v) is 6.54. The van der Waals surface area contributed by atoms with Gasteiger partial charge in [0.15, 0.2) is 0 Å². The summed E-state index contributed by atoms with van der Waals surface area (Å²) in [5, 5.41) is 14.0. The van der Waals surface area contributed by atoms with Crippen molar-refractivity contribution in [1.82, 2.24) is 15.3 Å². The lowest BCUT2D eigenvalue weighted by molar-refractivity contribution is -0.265. The number of carbonyl (C=O) groups excluding carboxylic acids is 1. The van der Waals surface area contributed by atoms with Crippen molar-refractivity contribution in [3.05, 3.63) is 82.9 Å². The fourth-order valence-corrected chi connectivity index (χ4v) is 4.45. The molecule has 3 N–H and O–H groups in total. The molecule has 0 radical (unpaired) electrons. The first kappa shape index (κ1) is 24.8. The number of hydrogen-bond acceptors (Lipinski definition) is 4. The Labute approximate surface area is 209 Å². The number of nitrogens with zero attached hydrogens (tertiary/aromatic N) is 1. The maximum Gasteiger partial charge on any atom is 0.424 e. The fourth-order valence-electron chi connectivity index (χ4n) is 4.45. The summed E-state index contributed by atoms with van der Waals surface area (Å²) < 4.78 is 62.3. The van der Waals surface area contributed by atoms with Crippen molar-refractivity contribution in [3.8, 4) is 17.0 Å². The third-order valence-electron chi connectivity index (χ3n) is 6.54. The Morgan fingerprint density at radius 1 is 1.16 bits per heavy atom. The Hall–Kier alpha value is -3.92. The van der Waals surface area contributed by atoms with Crippen LogP contribution in [0.3, 0.4) is 0 Å². The lowest BCUT2D eigenvalue weighted by atomic mass is 9.92. The molecule has 0 bridgehead atoms. The first-order valence-corrected chi connectivity index (χ1v) is 11.6. The summed E-state index contributed by atoms with van der Waals surface area (Å²) in [6.45, 7) is 2.68. The number of rotatable bonds is 5. The van der Waals surface area contributed by atoms with E-state index >= 15 is 0 Å². The molecule has 2 atom stereocenters. The van der Waals surface area contributed by atoms with Crippen molar-refractivity contribution < 1.29 is 32.2 Å². The number of amides is 1. The van der Waals surface area contributed by atoms with Crippen molar-refractivity contribution in [2.45, 2.75) is 31.5 Å². The molecule has 0 aliphatic carbocycles. The number of pyridine rings is 1. The van der Waals surface area contributed by atoms with Crippen LogP contribution in [0.25, 0.3) is 22.2 Å². The van der Waals surface area contributed by atoms with E-state index in [1.165, 1.54) is 18.2 Å². The predicted molar refractivity (Wildman–Crippen MR) is 129 cm³/mol. The van der Waals surface area contributed by atoms with E-state index in [1.54, 1.807) is 19.1 Å². The maximum atomic E-state index is 14.4. The van der Waals surface area contributed by atoms with Gasteiger partial charge in [-0.05, 0) is 61.5 Å². The molecule has 2 aromatic heterocycles. The van der Waals surface area contributed by atoms with E-state index in [9.17, 15) is 27.5 Å². The number of ether oxygens (including phenoxy) is 1. The maximum absolute atomic E-state index is 14.4. The zero-order chi connectivity index (χ0) is 26.5. The highest BCUT2D eigenvalue weighted by molar-refractivity contribution is 5.98. The molecular weight excluding hydrogens is 490 g/mol. The Bertz CT molecular complexity index is 1500. The van der Waals surface area contributed by atoms with Gasteiger partial charge in [-0.2, -0.15) is 13.2 Å². The van der Waals surface area contributed by atoms with E-state index < -0.39 is 35.7 Å². The van der Waals surface area contributed by atoms with Gasteiger partial charge in [0.2, 0.25) is 5.60 Å². The van der Waals surface area contributed by atoms with E-state index in [1.807, 2.05) is 13.0 Å². The number of nitrogens with one attached hydrogen (secondary N) is 2. The number of aromatic nitrogens is 2. The van der Waals surface area contributed by atoms with E-state index in [0.29, 0.717) is 11.1 Å². The molecule has 6 nitrogen and oxygen atoms in total. The Morgan fingerprint density at radius 2 is 1.89 bits per heavy atom. The van der Waals surface area contributed by atoms with Gasteiger partial charge in [-0.1, -0.05) is 6.92 Å². The number of aryl methyl sites for hydroxylation is 1. The monoisotopic (exact) mass is 513 g/mol. The van der Waals surface area contributed by atoms with Gasteiger partial charge >= 0.3 is 6.18 Å². The van der Waals surface area contributed by atoms with Crippen molar-refractivity contribution >= 4 is 16.8 Å². The summed E-state index contributed by atoms with van der Waals surface area (Å²) in [6, 6.07) is 12.7. The molecule has 0 saturated heterocycles. The minimum absolute atomic E-state index is 0.0548. The normalized spacial score (nSPS) is 16.8. The number of hydrogen-bond donors (Lipinski definition) is 3. The molecule has 1 amide bonds. The first-order chi connectivity index (χ1) is 17.5. The summed E-state index contributed by atoms with van der Waals surface area (Å²) >= 11 is 0. The number of carbonyl (C=O) groups is 1. The van der Waals surface area contributed by atoms with Crippen molar-refractivity contribution in [3.63, 3.8) is 0 Å². The highest BCUT2D eigenvalue weighted by atomic mass is 19.4. The summed E-state index contributed by atoms with van der Waals surface area (Å²) in [7, 11) is 0. The van der Waals surface area contributed by atoms with Crippen molar-refractivity contribution in [2.75, 3.05) is 13.2 Å². The second-order valence-corrected chi connectivity index (χ2v) is 9.29. The van der Waals surface area contributed by atoms with Crippen LogP contribution in [0, 0.1) is 12.7 Å². The quantitative estimate of drug-likeness (QED) is 0.314. The van der Waals surface area contributed by atoms with Crippen LogP contribution in [0.4, 0.5) is 17.6 Å². The van der Waals surface area contributed by atoms with Crippen LogP contribution < -0.4 is 10.1 Å². The SMILES string of the molecule is Cc1cc2cc(C(=O)NC[C@](O)(c3cc4c(c(-c5ccc(F)cc5)n3)OC[C@H]4C)C(F)(F)F)ccc2[nH]1. The largest absolute Gasteiger partial charge is 0.490 e. The molecule has 37 heavy (non-hydrogen) atoms. The summed E-state index contributed by atoms with van der Waals surface area (Å²) in [6.07, 6.45) is -5.17. The number of benzene rings is 2. The molecular formula is C27H23F4N3O3. The number of fused-ring (bicyclic) bond motifs is 2. The molecule has 0 unspecified atom stereocenters. The molecule has 3 heterocycles. The van der Waals surface area contributed by atoms with E-state index in [4.69, 9.17) is 4.74 Å². The number of halogens is 4. The van der Waals surface area contributed by atoms with Crippen LogP contribution in [0.15, 0.2) is 54.6 Å². The first-order valence-electron chi connectivity index (χ1n) is 11.6. The average Bonchev–Trinajstić information content (AvgIpc) is 3.42. The standard InChI is InChI=1S/C27H23F4N3O3/c1-14-12-37-24-20(14)11-22(34-23(24)16-3-6-19(28)7-4-16)26(36,27(29,30)31)13-32-25(35)17-5-8-21-18(10-17)9-15(2)33-21/h3-11,14,33,36H,12-13H2,1-2H3,(H,32,35)/t14-,26+/m1/s1.